The van der Waals surface area contributed by atoms with Crippen LogP contribution < -0.4 is 0 Å². The second-order valence-corrected chi connectivity index (χ2v) is 5.14. The number of allylic oxidation sites excluding steroid dienone is 8. The zero-order chi connectivity index (χ0) is 18.7. The Morgan fingerprint density at radius 2 is 1.60 bits per heavy atom. The molecule has 0 bridgehead atoms. The zero-order valence-electron chi connectivity index (χ0n) is 14.8. The van der Waals surface area contributed by atoms with Crippen LogP contribution in [-0.2, 0) is 0 Å². The van der Waals surface area contributed by atoms with Gasteiger partial charge in [-0.25, -0.2) is 0 Å². The lowest BCUT2D eigenvalue weighted by atomic mass is 10.0. The molecule has 1 aliphatic rings. The van der Waals surface area contributed by atoms with Crippen molar-refractivity contribution in [3.63, 3.8) is 0 Å². The average Bonchev–Trinajstić information content (AvgIpc) is 2.82. The second-order valence-electron chi connectivity index (χ2n) is 5.14. The maximum Gasteiger partial charge on any atom is 0.118 e. The number of aliphatic hydroxyl groups excluding tert-OH is 1. The van der Waals surface area contributed by atoms with E-state index in [0.717, 1.165) is 16.7 Å². The van der Waals surface area contributed by atoms with E-state index >= 15 is 0 Å². The van der Waals surface area contributed by atoms with E-state index in [9.17, 15) is 15.6 Å². The molecule has 0 aromatic heterocycles. The molecule has 1 aliphatic carbocycles. The van der Waals surface area contributed by atoms with Gasteiger partial charge < -0.3 is 5.11 Å². The summed E-state index contributed by atoms with van der Waals surface area (Å²) < 4.78 is 0. The first-order chi connectivity index (χ1) is 12.1. The Hall–Kier alpha value is -3.30. The third-order valence-corrected chi connectivity index (χ3v) is 3.47. The van der Waals surface area contributed by atoms with Crippen LogP contribution in [0.1, 0.15) is 32.8 Å². The normalized spacial score (nSPS) is 14.5. The summed E-state index contributed by atoms with van der Waals surface area (Å²) in [5.74, 6) is 0.215. The molecule has 0 saturated carbocycles. The van der Waals surface area contributed by atoms with Crippen LogP contribution in [0.25, 0.3) is 6.08 Å². The summed E-state index contributed by atoms with van der Waals surface area (Å²) in [6.07, 6.45) is 9.24. The van der Waals surface area contributed by atoms with Crippen LogP contribution in [0.15, 0.2) is 82.7 Å². The van der Waals surface area contributed by atoms with E-state index in [4.69, 9.17) is 0 Å². The lowest BCUT2D eigenvalue weighted by Crippen LogP contribution is -1.87. The third-order valence-electron chi connectivity index (χ3n) is 3.47. The summed E-state index contributed by atoms with van der Waals surface area (Å²) in [7, 11) is 0. The van der Waals surface area contributed by atoms with E-state index in [1.165, 1.54) is 0 Å². The zero-order valence-corrected chi connectivity index (χ0v) is 14.8. The van der Waals surface area contributed by atoms with E-state index in [0.29, 0.717) is 17.6 Å². The minimum Gasteiger partial charge on any atom is -0.508 e. The molecular formula is C22H22N2O. The fourth-order valence-corrected chi connectivity index (χ4v) is 2.11. The van der Waals surface area contributed by atoms with Crippen molar-refractivity contribution in [2.45, 2.75) is 27.2 Å². The van der Waals surface area contributed by atoms with Crippen molar-refractivity contribution in [3.05, 3.63) is 88.3 Å². The number of nitriles is 2. The van der Waals surface area contributed by atoms with Gasteiger partial charge in [0.05, 0.1) is 11.1 Å². The standard InChI is InChI=1S/C20H16N2O.C2H6/c1-15-7-8-17(9-10-20(15)23)12-19(14-22)18(13-21)11-16-5-3-2-4-6-16;1-2/h2-7,9-12,23H,8H2,1H3;1-2H3/b18-11+,19-12+;. The van der Waals surface area contributed by atoms with Crippen LogP contribution in [0.4, 0.5) is 0 Å². The van der Waals surface area contributed by atoms with Crippen LogP contribution in [0.5, 0.6) is 0 Å². The molecule has 3 nitrogen and oxygen atoms in total. The van der Waals surface area contributed by atoms with Crippen LogP contribution in [0.3, 0.4) is 0 Å². The summed E-state index contributed by atoms with van der Waals surface area (Å²) in [4.78, 5) is 0. The molecule has 1 aromatic carbocycles. The Morgan fingerprint density at radius 3 is 2.20 bits per heavy atom. The van der Waals surface area contributed by atoms with Gasteiger partial charge in [-0.2, -0.15) is 10.5 Å². The molecular weight excluding hydrogens is 308 g/mol. The van der Waals surface area contributed by atoms with Crippen molar-refractivity contribution < 1.29 is 5.11 Å². The smallest absolute Gasteiger partial charge is 0.118 e. The van der Waals surface area contributed by atoms with Gasteiger partial charge in [0.15, 0.2) is 0 Å². The van der Waals surface area contributed by atoms with Crippen LogP contribution >= 0.6 is 0 Å². The average molecular weight is 330 g/mol. The van der Waals surface area contributed by atoms with Gasteiger partial charge in [-0.15, -0.1) is 0 Å². The molecule has 0 saturated heterocycles. The molecule has 1 aromatic rings. The molecule has 126 valence electrons. The predicted molar refractivity (Wildman–Crippen MR) is 102 cm³/mol. The molecule has 0 spiro atoms. The van der Waals surface area contributed by atoms with Crippen LogP contribution in [0, 0.1) is 22.7 Å². The minimum absolute atomic E-state index is 0.215. The fraction of sp³-hybridized carbons (Fsp3) is 0.182. The Bertz CT molecular complexity index is 823. The van der Waals surface area contributed by atoms with E-state index in [1.807, 2.05) is 57.2 Å². The highest BCUT2D eigenvalue weighted by molar-refractivity contribution is 5.67. The van der Waals surface area contributed by atoms with Crippen LogP contribution in [0.2, 0.25) is 0 Å². The summed E-state index contributed by atoms with van der Waals surface area (Å²) >= 11 is 0. The molecule has 25 heavy (non-hydrogen) atoms. The topological polar surface area (TPSA) is 67.8 Å². The molecule has 3 heteroatoms. The molecule has 0 heterocycles. The van der Waals surface area contributed by atoms with E-state index in [1.54, 1.807) is 24.3 Å². The van der Waals surface area contributed by atoms with Crippen molar-refractivity contribution in [3.8, 4) is 12.1 Å². The Labute approximate surface area is 149 Å². The summed E-state index contributed by atoms with van der Waals surface area (Å²) in [6, 6.07) is 13.6. The van der Waals surface area contributed by atoms with Crippen LogP contribution in [-0.4, -0.2) is 5.11 Å². The van der Waals surface area contributed by atoms with Crippen molar-refractivity contribution >= 4 is 6.08 Å². The number of hydrogen-bond donors (Lipinski definition) is 1. The molecule has 0 aliphatic heterocycles. The SMILES string of the molecule is CC.CC1=CCC(/C=C(C#N)/C(C#N)=C/c2ccccc2)=CC=C1O. The first-order valence-electron chi connectivity index (χ1n) is 8.20. The van der Waals surface area contributed by atoms with E-state index < -0.39 is 0 Å². The number of aliphatic hydroxyl groups is 1. The molecule has 0 radical (unpaired) electrons. The highest BCUT2D eigenvalue weighted by Crippen LogP contribution is 2.21. The van der Waals surface area contributed by atoms with Crippen molar-refractivity contribution in [1.29, 1.82) is 10.5 Å². The van der Waals surface area contributed by atoms with Crippen molar-refractivity contribution in [1.82, 2.24) is 0 Å². The van der Waals surface area contributed by atoms with Gasteiger partial charge in [0.25, 0.3) is 0 Å². The second kappa shape index (κ2) is 10.5. The number of rotatable bonds is 3. The molecule has 1 N–H and O–H groups in total. The lowest BCUT2D eigenvalue weighted by molar-refractivity contribution is 0.423. The number of benzene rings is 1. The monoisotopic (exact) mass is 330 g/mol. The van der Waals surface area contributed by atoms with Gasteiger partial charge in [0, 0.05) is 0 Å². The maximum atomic E-state index is 9.72. The molecule has 0 fully saturated rings. The highest BCUT2D eigenvalue weighted by Gasteiger charge is 2.07. The molecule has 0 atom stereocenters. The lowest BCUT2D eigenvalue weighted by Gasteiger charge is -2.00. The Kier molecular flexibility index (Phi) is 8.27. The van der Waals surface area contributed by atoms with Gasteiger partial charge in [-0.05, 0) is 48.3 Å². The molecule has 2 rings (SSSR count). The highest BCUT2D eigenvalue weighted by atomic mass is 16.3. The summed E-state index contributed by atoms with van der Waals surface area (Å²) in [5.41, 5.74) is 3.15. The fourth-order valence-electron chi connectivity index (χ4n) is 2.11. The Morgan fingerprint density at radius 1 is 1.00 bits per heavy atom. The number of hydrogen-bond acceptors (Lipinski definition) is 3. The predicted octanol–water partition coefficient (Wildman–Crippen LogP) is 5.79. The first kappa shape index (κ1) is 19.7. The van der Waals surface area contributed by atoms with E-state index in [2.05, 4.69) is 12.1 Å². The quantitative estimate of drug-likeness (QED) is 0.563. The number of nitrogens with zero attached hydrogens (tertiary/aromatic N) is 2. The molecule has 0 amide bonds. The third kappa shape index (κ3) is 6.01. The largest absolute Gasteiger partial charge is 0.508 e. The van der Waals surface area contributed by atoms with Gasteiger partial charge in [0.1, 0.15) is 17.9 Å². The summed E-state index contributed by atoms with van der Waals surface area (Å²) in [6.45, 7) is 5.83. The van der Waals surface area contributed by atoms with Gasteiger partial charge >= 0.3 is 0 Å². The van der Waals surface area contributed by atoms with Gasteiger partial charge in [-0.1, -0.05) is 56.3 Å². The van der Waals surface area contributed by atoms with Crippen molar-refractivity contribution in [2.24, 2.45) is 0 Å². The molecule has 0 unspecified atom stereocenters. The maximum absolute atomic E-state index is 9.72. The van der Waals surface area contributed by atoms with Gasteiger partial charge in [-0.3, -0.25) is 0 Å². The van der Waals surface area contributed by atoms with Crippen molar-refractivity contribution in [2.75, 3.05) is 0 Å². The first-order valence-corrected chi connectivity index (χ1v) is 8.20. The van der Waals surface area contributed by atoms with Gasteiger partial charge in [0.2, 0.25) is 0 Å². The summed E-state index contributed by atoms with van der Waals surface area (Å²) in [5, 5.41) is 28.5. The Balaban J connectivity index is 0.00000151. The van der Waals surface area contributed by atoms with E-state index in [-0.39, 0.29) is 5.76 Å². The minimum atomic E-state index is 0.215.